The smallest absolute Gasteiger partial charge is 0.265 e. The zero-order chi connectivity index (χ0) is 14.7. The number of aromatic amines is 2. The predicted octanol–water partition coefficient (Wildman–Crippen LogP) is 3.52. The van der Waals surface area contributed by atoms with E-state index in [0.717, 1.165) is 38.4 Å². The van der Waals surface area contributed by atoms with Crippen LogP contribution in [0.4, 0.5) is 0 Å². The van der Waals surface area contributed by atoms with Crippen molar-refractivity contribution < 1.29 is 4.79 Å². The minimum Gasteiger partial charge on any atom is -0.364 e. The van der Waals surface area contributed by atoms with Crippen molar-refractivity contribution in [3.63, 3.8) is 0 Å². The SMILES string of the molecule is Cc1c(C(N)=O)[nH]c2cc3c([nH]c4ccccc43)c(C)c12. The molecule has 0 aliphatic heterocycles. The Balaban J connectivity index is 2.24. The lowest BCUT2D eigenvalue weighted by molar-refractivity contribution is 0.0996. The molecule has 4 heteroatoms. The van der Waals surface area contributed by atoms with E-state index >= 15 is 0 Å². The highest BCUT2D eigenvalue weighted by Gasteiger charge is 2.17. The van der Waals surface area contributed by atoms with Gasteiger partial charge in [0.25, 0.3) is 5.91 Å². The van der Waals surface area contributed by atoms with E-state index in [4.69, 9.17) is 5.73 Å². The summed E-state index contributed by atoms with van der Waals surface area (Å²) in [5.74, 6) is -0.420. The molecule has 0 atom stereocenters. The molecule has 2 aromatic carbocycles. The van der Waals surface area contributed by atoms with Crippen LogP contribution in [0.15, 0.2) is 30.3 Å². The molecule has 0 fully saturated rings. The van der Waals surface area contributed by atoms with Gasteiger partial charge in [-0.1, -0.05) is 18.2 Å². The standard InChI is InChI=1S/C17H15N3O/c1-8-14-9(2)16(17(18)21)20-13(14)7-11-10-5-3-4-6-12(10)19-15(8)11/h3-7,19-20H,1-2H3,(H2,18,21). The number of benzene rings is 2. The van der Waals surface area contributed by atoms with Crippen LogP contribution in [-0.4, -0.2) is 15.9 Å². The molecule has 0 aliphatic rings. The van der Waals surface area contributed by atoms with Crippen LogP contribution in [0.3, 0.4) is 0 Å². The lowest BCUT2D eigenvalue weighted by atomic mass is 10.0. The number of hydrogen-bond donors (Lipinski definition) is 3. The van der Waals surface area contributed by atoms with Gasteiger partial charge >= 0.3 is 0 Å². The number of amides is 1. The Morgan fingerprint density at radius 1 is 1.00 bits per heavy atom. The van der Waals surface area contributed by atoms with E-state index in [-0.39, 0.29) is 0 Å². The van der Waals surface area contributed by atoms with Crippen LogP contribution in [0, 0.1) is 13.8 Å². The van der Waals surface area contributed by atoms with Gasteiger partial charge in [0.05, 0.1) is 5.52 Å². The van der Waals surface area contributed by atoms with Gasteiger partial charge < -0.3 is 15.7 Å². The summed E-state index contributed by atoms with van der Waals surface area (Å²) in [5, 5.41) is 3.42. The molecule has 2 heterocycles. The van der Waals surface area contributed by atoms with Crippen molar-refractivity contribution in [2.24, 2.45) is 5.73 Å². The maximum atomic E-state index is 11.5. The van der Waals surface area contributed by atoms with E-state index in [1.54, 1.807) is 0 Å². The number of fused-ring (bicyclic) bond motifs is 4. The normalized spacial score (nSPS) is 11.7. The Hall–Kier alpha value is -2.75. The van der Waals surface area contributed by atoms with Gasteiger partial charge in [-0.25, -0.2) is 0 Å². The Kier molecular flexibility index (Phi) is 2.22. The molecule has 4 nitrogen and oxygen atoms in total. The fourth-order valence-electron chi connectivity index (χ4n) is 3.33. The number of aromatic nitrogens is 2. The molecule has 0 saturated heterocycles. The maximum absolute atomic E-state index is 11.5. The first-order valence-electron chi connectivity index (χ1n) is 6.90. The lowest BCUT2D eigenvalue weighted by Crippen LogP contribution is -2.12. The Labute approximate surface area is 120 Å². The van der Waals surface area contributed by atoms with Gasteiger partial charge in [-0.05, 0) is 37.1 Å². The van der Waals surface area contributed by atoms with Crippen molar-refractivity contribution in [1.29, 1.82) is 0 Å². The molecule has 4 aromatic rings. The summed E-state index contributed by atoms with van der Waals surface area (Å²) >= 11 is 0. The number of carbonyl (C=O) groups excluding carboxylic acids is 1. The van der Waals surface area contributed by atoms with E-state index < -0.39 is 5.91 Å². The van der Waals surface area contributed by atoms with Crippen molar-refractivity contribution in [2.45, 2.75) is 13.8 Å². The first-order valence-corrected chi connectivity index (χ1v) is 6.90. The average molecular weight is 277 g/mol. The zero-order valence-corrected chi connectivity index (χ0v) is 11.9. The molecule has 0 saturated carbocycles. The Bertz CT molecular complexity index is 1040. The van der Waals surface area contributed by atoms with Gasteiger partial charge in [-0.2, -0.15) is 0 Å². The van der Waals surface area contributed by atoms with Gasteiger partial charge in [0.2, 0.25) is 0 Å². The molecular weight excluding hydrogens is 262 g/mol. The second-order valence-electron chi connectivity index (χ2n) is 5.51. The number of nitrogens with one attached hydrogen (secondary N) is 2. The average Bonchev–Trinajstić information content (AvgIpc) is 2.99. The number of H-pyrrole nitrogens is 2. The van der Waals surface area contributed by atoms with E-state index in [1.807, 2.05) is 19.1 Å². The highest BCUT2D eigenvalue weighted by atomic mass is 16.1. The van der Waals surface area contributed by atoms with Crippen LogP contribution in [0.5, 0.6) is 0 Å². The predicted molar refractivity (Wildman–Crippen MR) is 85.7 cm³/mol. The Morgan fingerprint density at radius 3 is 2.52 bits per heavy atom. The number of nitrogens with two attached hydrogens (primary N) is 1. The second-order valence-corrected chi connectivity index (χ2v) is 5.51. The molecule has 0 spiro atoms. The number of rotatable bonds is 1. The zero-order valence-electron chi connectivity index (χ0n) is 11.9. The number of para-hydroxylation sites is 1. The summed E-state index contributed by atoms with van der Waals surface area (Å²) in [4.78, 5) is 18.2. The minimum atomic E-state index is -0.420. The molecule has 0 radical (unpaired) electrons. The van der Waals surface area contributed by atoms with Gasteiger partial charge in [-0.15, -0.1) is 0 Å². The number of carbonyl (C=O) groups is 1. The summed E-state index contributed by atoms with van der Waals surface area (Å²) in [6.45, 7) is 4.01. The fraction of sp³-hybridized carbons (Fsp3) is 0.118. The highest BCUT2D eigenvalue weighted by molar-refractivity contribution is 6.15. The van der Waals surface area contributed by atoms with Gasteiger partial charge in [-0.3, -0.25) is 4.79 Å². The summed E-state index contributed by atoms with van der Waals surface area (Å²) in [6.07, 6.45) is 0. The van der Waals surface area contributed by atoms with Gasteiger partial charge in [0.1, 0.15) is 5.69 Å². The van der Waals surface area contributed by atoms with Crippen LogP contribution in [-0.2, 0) is 0 Å². The molecule has 4 rings (SSSR count). The molecule has 2 aromatic heterocycles. The summed E-state index contributed by atoms with van der Waals surface area (Å²) in [6, 6.07) is 10.3. The summed E-state index contributed by atoms with van der Waals surface area (Å²) in [5.41, 5.74) is 11.2. The summed E-state index contributed by atoms with van der Waals surface area (Å²) in [7, 11) is 0. The minimum absolute atomic E-state index is 0.420. The van der Waals surface area contributed by atoms with Gasteiger partial charge in [0, 0.05) is 27.2 Å². The Morgan fingerprint density at radius 2 is 1.76 bits per heavy atom. The highest BCUT2D eigenvalue weighted by Crippen LogP contribution is 2.34. The molecule has 0 bridgehead atoms. The number of hydrogen-bond acceptors (Lipinski definition) is 1. The van der Waals surface area contributed by atoms with Crippen molar-refractivity contribution in [3.8, 4) is 0 Å². The largest absolute Gasteiger partial charge is 0.364 e. The van der Waals surface area contributed by atoms with Crippen LogP contribution < -0.4 is 5.73 Å². The molecule has 21 heavy (non-hydrogen) atoms. The lowest BCUT2D eigenvalue weighted by Gasteiger charge is -2.01. The molecule has 104 valence electrons. The van der Waals surface area contributed by atoms with Crippen molar-refractivity contribution in [1.82, 2.24) is 9.97 Å². The third-order valence-electron chi connectivity index (χ3n) is 4.31. The van der Waals surface area contributed by atoms with Crippen LogP contribution in [0.1, 0.15) is 21.6 Å². The molecule has 4 N–H and O–H groups in total. The third kappa shape index (κ3) is 1.47. The molecule has 1 amide bonds. The third-order valence-corrected chi connectivity index (χ3v) is 4.31. The fourth-order valence-corrected chi connectivity index (χ4v) is 3.33. The van der Waals surface area contributed by atoms with Crippen LogP contribution in [0.25, 0.3) is 32.7 Å². The first kappa shape index (κ1) is 12.0. The van der Waals surface area contributed by atoms with Crippen LogP contribution >= 0.6 is 0 Å². The molecule has 0 aliphatic carbocycles. The topological polar surface area (TPSA) is 74.7 Å². The quantitative estimate of drug-likeness (QED) is 0.489. The second kappa shape index (κ2) is 3.88. The van der Waals surface area contributed by atoms with Crippen molar-refractivity contribution in [2.75, 3.05) is 0 Å². The van der Waals surface area contributed by atoms with Crippen molar-refractivity contribution in [3.05, 3.63) is 47.2 Å². The summed E-state index contributed by atoms with van der Waals surface area (Å²) < 4.78 is 0. The van der Waals surface area contributed by atoms with E-state index in [0.29, 0.717) is 5.69 Å². The monoisotopic (exact) mass is 277 g/mol. The van der Waals surface area contributed by atoms with Gasteiger partial charge in [0.15, 0.2) is 0 Å². The van der Waals surface area contributed by atoms with E-state index in [9.17, 15) is 4.79 Å². The number of aryl methyl sites for hydroxylation is 2. The molecule has 0 unspecified atom stereocenters. The maximum Gasteiger partial charge on any atom is 0.265 e. The van der Waals surface area contributed by atoms with Crippen molar-refractivity contribution >= 4 is 38.6 Å². The number of primary amides is 1. The van der Waals surface area contributed by atoms with Crippen LogP contribution in [0.2, 0.25) is 0 Å². The van der Waals surface area contributed by atoms with E-state index in [2.05, 4.69) is 35.1 Å². The first-order chi connectivity index (χ1) is 10.1. The molecular formula is C17H15N3O. The van der Waals surface area contributed by atoms with E-state index in [1.165, 1.54) is 5.39 Å².